The van der Waals surface area contributed by atoms with Crippen LogP contribution >= 0.6 is 24.0 Å². The number of methoxy groups -OCH3 is 1. The number of rotatable bonds is 7. The molecular formula is C23H29IN6O2. The summed E-state index contributed by atoms with van der Waals surface area (Å²) in [4.78, 5) is 4.75. The number of benzene rings is 2. The van der Waals surface area contributed by atoms with Gasteiger partial charge in [0.25, 0.3) is 0 Å². The van der Waals surface area contributed by atoms with Gasteiger partial charge in [-0.3, -0.25) is 0 Å². The third kappa shape index (κ3) is 5.90. The summed E-state index contributed by atoms with van der Waals surface area (Å²) in [6, 6.07) is 16.1. The number of aryl methyl sites for hydroxylation is 1. The summed E-state index contributed by atoms with van der Waals surface area (Å²) in [7, 11) is 3.62. The Hall–Kier alpha value is -2.82. The Morgan fingerprint density at radius 1 is 1.16 bits per heavy atom. The number of hydrogen-bond donors (Lipinski definition) is 2. The minimum atomic E-state index is 0. The lowest BCUT2D eigenvalue weighted by Crippen LogP contribution is -2.42. The van der Waals surface area contributed by atoms with Crippen molar-refractivity contribution in [2.75, 3.05) is 13.7 Å². The van der Waals surface area contributed by atoms with Crippen molar-refractivity contribution < 1.29 is 9.47 Å². The van der Waals surface area contributed by atoms with E-state index in [-0.39, 0.29) is 30.1 Å². The van der Waals surface area contributed by atoms with Crippen LogP contribution in [0.25, 0.3) is 0 Å². The second-order valence-electron chi connectivity index (χ2n) is 7.52. The van der Waals surface area contributed by atoms with Gasteiger partial charge in [0.2, 0.25) is 0 Å². The first-order valence-corrected chi connectivity index (χ1v) is 10.4. The van der Waals surface area contributed by atoms with Crippen molar-refractivity contribution in [1.82, 2.24) is 25.4 Å². The van der Waals surface area contributed by atoms with Crippen molar-refractivity contribution in [2.24, 2.45) is 12.0 Å². The molecule has 32 heavy (non-hydrogen) atoms. The number of hydrogen-bond acceptors (Lipinski definition) is 5. The van der Waals surface area contributed by atoms with Crippen LogP contribution in [0.3, 0.4) is 0 Å². The number of nitrogens with zero attached hydrogens (tertiary/aromatic N) is 4. The van der Waals surface area contributed by atoms with E-state index in [1.165, 1.54) is 5.56 Å². The molecule has 0 saturated heterocycles. The fourth-order valence-corrected chi connectivity index (χ4v) is 3.42. The monoisotopic (exact) mass is 548 g/mol. The maximum Gasteiger partial charge on any atom is 0.192 e. The summed E-state index contributed by atoms with van der Waals surface area (Å²) in [5.74, 6) is 4.23. The Morgan fingerprint density at radius 2 is 1.94 bits per heavy atom. The topological polar surface area (TPSA) is 85.6 Å². The van der Waals surface area contributed by atoms with Crippen molar-refractivity contribution >= 4 is 29.9 Å². The lowest BCUT2D eigenvalue weighted by atomic mass is 10.1. The molecule has 8 nitrogen and oxygen atoms in total. The normalized spacial score (nSPS) is 14.8. The van der Waals surface area contributed by atoms with Crippen LogP contribution in [0.1, 0.15) is 22.8 Å². The molecule has 3 aromatic rings. The molecule has 0 amide bonds. The highest BCUT2D eigenvalue weighted by Crippen LogP contribution is 2.27. The van der Waals surface area contributed by atoms with Gasteiger partial charge in [-0.05, 0) is 36.2 Å². The minimum absolute atomic E-state index is 0. The highest BCUT2D eigenvalue weighted by Gasteiger charge is 2.22. The molecule has 1 aliphatic heterocycles. The van der Waals surface area contributed by atoms with Gasteiger partial charge in [-0.2, -0.15) is 0 Å². The van der Waals surface area contributed by atoms with Crippen molar-refractivity contribution in [2.45, 2.75) is 32.5 Å². The van der Waals surface area contributed by atoms with Gasteiger partial charge in [0.15, 0.2) is 11.8 Å². The number of aliphatic imine (C=N–C) groups is 1. The molecule has 2 aromatic carbocycles. The molecule has 0 fully saturated rings. The van der Waals surface area contributed by atoms with E-state index in [0.717, 1.165) is 35.1 Å². The highest BCUT2D eigenvalue weighted by molar-refractivity contribution is 14.0. The molecule has 170 valence electrons. The molecule has 0 radical (unpaired) electrons. The summed E-state index contributed by atoms with van der Waals surface area (Å²) >= 11 is 0. The van der Waals surface area contributed by atoms with Crippen LogP contribution in [0, 0.1) is 6.92 Å². The van der Waals surface area contributed by atoms with Gasteiger partial charge in [0.1, 0.15) is 23.4 Å². The number of aromatic nitrogens is 3. The Labute approximate surface area is 205 Å². The van der Waals surface area contributed by atoms with Gasteiger partial charge < -0.3 is 24.7 Å². The second-order valence-corrected chi connectivity index (χ2v) is 7.52. The zero-order chi connectivity index (χ0) is 21.6. The number of fused-ring (bicyclic) bond motifs is 1. The first-order valence-electron chi connectivity index (χ1n) is 10.4. The Morgan fingerprint density at radius 3 is 2.62 bits per heavy atom. The average molecular weight is 548 g/mol. The molecule has 0 saturated carbocycles. The van der Waals surface area contributed by atoms with Gasteiger partial charge in [0, 0.05) is 13.5 Å². The predicted octanol–water partition coefficient (Wildman–Crippen LogP) is 2.99. The summed E-state index contributed by atoms with van der Waals surface area (Å²) in [6.45, 7) is 3.66. The van der Waals surface area contributed by atoms with E-state index < -0.39 is 0 Å². The number of guanidine groups is 1. The highest BCUT2D eigenvalue weighted by atomic mass is 127. The molecule has 0 bridgehead atoms. The minimum Gasteiger partial charge on any atom is -0.497 e. The van der Waals surface area contributed by atoms with Crippen LogP contribution in [0.15, 0.2) is 53.5 Å². The lowest BCUT2D eigenvalue weighted by Gasteiger charge is -2.16. The summed E-state index contributed by atoms with van der Waals surface area (Å²) in [5, 5.41) is 15.1. The maximum atomic E-state index is 6.05. The zero-order valence-electron chi connectivity index (χ0n) is 18.5. The molecule has 1 aromatic heterocycles. The molecule has 1 aliphatic rings. The molecule has 0 spiro atoms. The number of ether oxygens (including phenoxy) is 2. The van der Waals surface area contributed by atoms with E-state index in [2.05, 4.69) is 26.9 Å². The molecule has 9 heteroatoms. The first-order chi connectivity index (χ1) is 15.1. The van der Waals surface area contributed by atoms with Crippen molar-refractivity contribution in [1.29, 1.82) is 0 Å². The molecule has 2 N–H and O–H groups in total. The van der Waals surface area contributed by atoms with E-state index in [4.69, 9.17) is 14.5 Å². The number of para-hydroxylation sites is 1. The van der Waals surface area contributed by atoms with E-state index in [9.17, 15) is 0 Å². The first kappa shape index (κ1) is 23.8. The Balaban J connectivity index is 0.00000289. The number of nitrogens with one attached hydrogen (secondary N) is 2. The predicted molar refractivity (Wildman–Crippen MR) is 135 cm³/mol. The SMILES string of the molecule is COc1ccc(CN=C(NCc2nnc(C)n2C)NCC2Cc3ccccc3O2)cc1.I. The molecule has 2 heterocycles. The van der Waals surface area contributed by atoms with Crippen molar-refractivity contribution in [3.8, 4) is 11.5 Å². The quantitative estimate of drug-likeness (QED) is 0.269. The smallest absolute Gasteiger partial charge is 0.192 e. The van der Waals surface area contributed by atoms with Gasteiger partial charge in [0.05, 0.1) is 26.7 Å². The van der Waals surface area contributed by atoms with Crippen LogP contribution in [0.4, 0.5) is 0 Å². The van der Waals surface area contributed by atoms with Crippen LogP contribution in [-0.4, -0.2) is 40.5 Å². The van der Waals surface area contributed by atoms with E-state index in [1.807, 2.05) is 61.0 Å². The fourth-order valence-electron chi connectivity index (χ4n) is 3.42. The van der Waals surface area contributed by atoms with Gasteiger partial charge in [-0.1, -0.05) is 30.3 Å². The van der Waals surface area contributed by atoms with Crippen LogP contribution in [-0.2, 0) is 26.6 Å². The Bertz CT molecular complexity index is 1030. The fraction of sp³-hybridized carbons (Fsp3) is 0.348. The van der Waals surface area contributed by atoms with E-state index in [1.54, 1.807) is 7.11 Å². The van der Waals surface area contributed by atoms with Crippen LogP contribution in [0.5, 0.6) is 11.5 Å². The standard InChI is InChI=1S/C23H28N6O2.HI/c1-16-27-28-22(29(16)2)15-26-23(24-13-17-8-10-19(30-3)11-9-17)25-14-20-12-18-6-4-5-7-21(18)31-20;/h4-11,20H,12-15H2,1-3H3,(H2,24,25,26);1H. The van der Waals surface area contributed by atoms with Crippen LogP contribution in [0.2, 0.25) is 0 Å². The van der Waals surface area contributed by atoms with Gasteiger partial charge in [-0.25, -0.2) is 4.99 Å². The Kier molecular flexibility index (Phi) is 8.32. The third-order valence-corrected chi connectivity index (χ3v) is 5.39. The summed E-state index contributed by atoms with van der Waals surface area (Å²) in [5.41, 5.74) is 2.34. The molecule has 1 atom stereocenters. The van der Waals surface area contributed by atoms with E-state index in [0.29, 0.717) is 25.6 Å². The third-order valence-electron chi connectivity index (χ3n) is 5.39. The average Bonchev–Trinajstić information content (AvgIpc) is 3.36. The zero-order valence-corrected chi connectivity index (χ0v) is 20.9. The molecule has 0 aliphatic carbocycles. The molecule has 4 rings (SSSR count). The van der Waals surface area contributed by atoms with Gasteiger partial charge >= 0.3 is 0 Å². The molecule has 1 unspecified atom stereocenters. The maximum absolute atomic E-state index is 6.05. The second kappa shape index (κ2) is 11.2. The summed E-state index contributed by atoms with van der Waals surface area (Å²) < 4.78 is 13.2. The van der Waals surface area contributed by atoms with Crippen molar-refractivity contribution in [3.05, 3.63) is 71.3 Å². The van der Waals surface area contributed by atoms with Crippen molar-refractivity contribution in [3.63, 3.8) is 0 Å². The largest absolute Gasteiger partial charge is 0.497 e. The number of halogens is 1. The van der Waals surface area contributed by atoms with Gasteiger partial charge in [-0.15, -0.1) is 34.2 Å². The molecular weight excluding hydrogens is 519 g/mol. The van der Waals surface area contributed by atoms with Crippen LogP contribution < -0.4 is 20.1 Å². The lowest BCUT2D eigenvalue weighted by molar-refractivity contribution is 0.235. The van der Waals surface area contributed by atoms with E-state index >= 15 is 0 Å². The summed E-state index contributed by atoms with van der Waals surface area (Å²) in [6.07, 6.45) is 0.958.